The normalized spacial score (nSPS) is 27.7. The molecule has 4 atom stereocenters. The Morgan fingerprint density at radius 3 is 2.64 bits per heavy atom. The summed E-state index contributed by atoms with van der Waals surface area (Å²) in [7, 11) is 0. The van der Waals surface area contributed by atoms with Crippen molar-refractivity contribution in [1.82, 2.24) is 5.32 Å². The molecule has 0 bridgehead atoms. The predicted molar refractivity (Wildman–Crippen MR) is 100 cm³/mol. The second-order valence-corrected chi connectivity index (χ2v) is 7.73. The largest absolute Gasteiger partial charge is 0.393 e. The van der Waals surface area contributed by atoms with E-state index in [-0.39, 0.29) is 29.8 Å². The Morgan fingerprint density at radius 1 is 1.32 bits per heavy atom. The molecule has 1 fully saturated rings. The lowest BCUT2D eigenvalue weighted by Gasteiger charge is -2.43. The van der Waals surface area contributed by atoms with Crippen molar-refractivity contribution in [2.75, 3.05) is 0 Å². The highest BCUT2D eigenvalue weighted by Gasteiger charge is 2.38. The van der Waals surface area contributed by atoms with Crippen LogP contribution in [0, 0.1) is 0 Å². The van der Waals surface area contributed by atoms with Gasteiger partial charge in [-0.3, -0.25) is 4.79 Å². The zero-order chi connectivity index (χ0) is 18.3. The summed E-state index contributed by atoms with van der Waals surface area (Å²) in [6.07, 6.45) is 5.65. The van der Waals surface area contributed by atoms with Crippen molar-refractivity contribution in [3.63, 3.8) is 0 Å². The fraction of sp³-hybridized carbons (Fsp3) is 0.667. The summed E-state index contributed by atoms with van der Waals surface area (Å²) in [6, 6.07) is 10.2. The first-order valence-electron chi connectivity index (χ1n) is 9.56. The lowest BCUT2D eigenvalue weighted by atomic mass is 9.82. The Bertz CT molecular complexity index is 533. The third kappa shape index (κ3) is 6.79. The molecule has 4 nitrogen and oxygen atoms in total. The molecule has 4 heteroatoms. The van der Waals surface area contributed by atoms with Gasteiger partial charge in [-0.05, 0) is 51.0 Å². The zero-order valence-electron chi connectivity index (χ0n) is 15.8. The van der Waals surface area contributed by atoms with E-state index >= 15 is 0 Å². The molecule has 2 N–H and O–H groups in total. The summed E-state index contributed by atoms with van der Waals surface area (Å²) in [4.78, 5) is 11.6. The number of carbonyl (C=O) groups is 1. The standard InChI is InChI=1S/C21H33NO3/c1-4-8-19-14-21(3,22-16(2)23)15-20(25-19)13-18(24)12-11-17-9-6-5-7-10-17/h5-7,9-10,18-20,24H,4,8,11-15H2,1-3H3,(H,22,23)/t18-,19-,20+,21?/m0/s1. The summed E-state index contributed by atoms with van der Waals surface area (Å²) in [6.45, 7) is 5.82. The Labute approximate surface area is 152 Å². The van der Waals surface area contributed by atoms with Gasteiger partial charge in [0.05, 0.1) is 18.3 Å². The van der Waals surface area contributed by atoms with E-state index in [1.165, 1.54) is 5.56 Å². The van der Waals surface area contributed by atoms with Gasteiger partial charge in [-0.1, -0.05) is 43.7 Å². The first-order valence-corrected chi connectivity index (χ1v) is 9.56. The monoisotopic (exact) mass is 347 g/mol. The van der Waals surface area contributed by atoms with E-state index in [4.69, 9.17) is 4.74 Å². The van der Waals surface area contributed by atoms with Gasteiger partial charge in [0.15, 0.2) is 0 Å². The maximum absolute atomic E-state index is 11.6. The fourth-order valence-corrected chi connectivity index (χ4v) is 4.01. The number of aliphatic hydroxyl groups is 1. The molecular weight excluding hydrogens is 314 g/mol. The average molecular weight is 347 g/mol. The van der Waals surface area contributed by atoms with E-state index in [9.17, 15) is 9.90 Å². The summed E-state index contributed by atoms with van der Waals surface area (Å²) >= 11 is 0. The van der Waals surface area contributed by atoms with Crippen molar-refractivity contribution in [3.8, 4) is 0 Å². The van der Waals surface area contributed by atoms with Gasteiger partial charge in [-0.25, -0.2) is 0 Å². The number of ether oxygens (including phenoxy) is 1. The van der Waals surface area contributed by atoms with Gasteiger partial charge >= 0.3 is 0 Å². The van der Waals surface area contributed by atoms with Crippen molar-refractivity contribution in [2.45, 2.75) is 89.6 Å². The molecule has 1 unspecified atom stereocenters. The minimum absolute atomic E-state index is 0.00280. The molecule has 0 aliphatic carbocycles. The van der Waals surface area contributed by atoms with Crippen molar-refractivity contribution < 1.29 is 14.6 Å². The molecule has 1 aliphatic rings. The van der Waals surface area contributed by atoms with Gasteiger partial charge in [0.2, 0.25) is 5.91 Å². The number of nitrogens with one attached hydrogen (secondary N) is 1. The summed E-state index contributed by atoms with van der Waals surface area (Å²) in [5, 5.41) is 13.6. The van der Waals surface area contributed by atoms with E-state index in [1.54, 1.807) is 6.92 Å². The molecule has 0 saturated carbocycles. The smallest absolute Gasteiger partial charge is 0.217 e. The predicted octanol–water partition coefficient (Wildman–Crippen LogP) is 3.61. The number of aryl methyl sites for hydroxylation is 1. The molecule has 0 aromatic heterocycles. The SMILES string of the molecule is CCC[C@H]1CC(C)(NC(C)=O)C[C@@H](C[C@@H](O)CCc2ccccc2)O1. The minimum atomic E-state index is -0.382. The second kappa shape index (κ2) is 9.35. The number of benzene rings is 1. The van der Waals surface area contributed by atoms with Crippen LogP contribution in [0.25, 0.3) is 0 Å². The van der Waals surface area contributed by atoms with Crippen LogP contribution >= 0.6 is 0 Å². The average Bonchev–Trinajstić information content (AvgIpc) is 2.52. The summed E-state index contributed by atoms with van der Waals surface area (Å²) in [5.41, 5.74) is 1.01. The minimum Gasteiger partial charge on any atom is -0.393 e. The van der Waals surface area contributed by atoms with Gasteiger partial charge in [-0.2, -0.15) is 0 Å². The Balaban J connectivity index is 1.90. The van der Waals surface area contributed by atoms with Gasteiger partial charge < -0.3 is 15.2 Å². The van der Waals surface area contributed by atoms with Crippen molar-refractivity contribution in [1.29, 1.82) is 0 Å². The fourth-order valence-electron chi connectivity index (χ4n) is 4.01. The van der Waals surface area contributed by atoms with E-state index in [0.717, 1.165) is 38.5 Å². The maximum atomic E-state index is 11.6. The molecule has 140 valence electrons. The molecule has 1 heterocycles. The van der Waals surface area contributed by atoms with Crippen molar-refractivity contribution in [3.05, 3.63) is 35.9 Å². The molecule has 0 radical (unpaired) electrons. The molecule has 1 aromatic carbocycles. The van der Waals surface area contributed by atoms with Crippen molar-refractivity contribution >= 4 is 5.91 Å². The number of aliphatic hydroxyl groups excluding tert-OH is 1. The lowest BCUT2D eigenvalue weighted by molar-refractivity contribution is -0.128. The van der Waals surface area contributed by atoms with Gasteiger partial charge in [0.1, 0.15) is 0 Å². The lowest BCUT2D eigenvalue weighted by Crippen LogP contribution is -2.54. The molecule has 2 rings (SSSR count). The van der Waals surface area contributed by atoms with E-state index in [2.05, 4.69) is 31.3 Å². The van der Waals surface area contributed by atoms with Crippen LogP contribution < -0.4 is 5.32 Å². The van der Waals surface area contributed by atoms with Gasteiger partial charge in [-0.15, -0.1) is 0 Å². The molecule has 0 spiro atoms. The summed E-state index contributed by atoms with van der Waals surface area (Å²) < 4.78 is 6.22. The van der Waals surface area contributed by atoms with Crippen LogP contribution in [0.5, 0.6) is 0 Å². The van der Waals surface area contributed by atoms with Crippen LogP contribution in [0.15, 0.2) is 30.3 Å². The number of amides is 1. The summed E-state index contributed by atoms with van der Waals surface area (Å²) in [5.74, 6) is 0.00280. The molecule has 1 aliphatic heterocycles. The number of rotatable bonds is 8. The van der Waals surface area contributed by atoms with Crippen LogP contribution in [0.2, 0.25) is 0 Å². The van der Waals surface area contributed by atoms with Crippen molar-refractivity contribution in [2.24, 2.45) is 0 Å². The highest BCUT2D eigenvalue weighted by molar-refractivity contribution is 5.73. The van der Waals surface area contributed by atoms with Crippen LogP contribution in [0.4, 0.5) is 0 Å². The maximum Gasteiger partial charge on any atom is 0.217 e. The molecule has 25 heavy (non-hydrogen) atoms. The molecule has 1 saturated heterocycles. The highest BCUT2D eigenvalue weighted by atomic mass is 16.5. The Kier molecular flexibility index (Phi) is 7.45. The topological polar surface area (TPSA) is 58.6 Å². The van der Waals surface area contributed by atoms with Gasteiger partial charge in [0, 0.05) is 12.5 Å². The highest BCUT2D eigenvalue weighted by Crippen LogP contribution is 2.33. The number of hydrogen-bond acceptors (Lipinski definition) is 3. The quantitative estimate of drug-likeness (QED) is 0.755. The molecule has 1 amide bonds. The second-order valence-electron chi connectivity index (χ2n) is 7.73. The van der Waals surface area contributed by atoms with E-state index in [1.807, 2.05) is 18.2 Å². The number of hydrogen-bond donors (Lipinski definition) is 2. The molecule has 1 aromatic rings. The van der Waals surface area contributed by atoms with E-state index < -0.39 is 0 Å². The van der Waals surface area contributed by atoms with Crippen LogP contribution in [-0.4, -0.2) is 34.9 Å². The Morgan fingerprint density at radius 2 is 2.00 bits per heavy atom. The zero-order valence-corrected chi connectivity index (χ0v) is 15.8. The molecular formula is C21H33NO3. The van der Waals surface area contributed by atoms with Crippen LogP contribution in [-0.2, 0) is 16.0 Å². The van der Waals surface area contributed by atoms with Crippen LogP contribution in [0.1, 0.15) is 64.9 Å². The first kappa shape index (κ1) is 19.9. The third-order valence-corrected chi connectivity index (χ3v) is 4.97. The number of carbonyl (C=O) groups excluding carboxylic acids is 1. The Hall–Kier alpha value is -1.39. The van der Waals surface area contributed by atoms with Crippen LogP contribution in [0.3, 0.4) is 0 Å². The van der Waals surface area contributed by atoms with E-state index in [0.29, 0.717) is 6.42 Å². The van der Waals surface area contributed by atoms with Gasteiger partial charge in [0.25, 0.3) is 0 Å². The third-order valence-electron chi connectivity index (χ3n) is 4.97. The first-order chi connectivity index (χ1) is 11.9.